The average Bonchev–Trinajstić information content (AvgIpc) is 2.84. The highest BCUT2D eigenvalue weighted by atomic mass is 35.5. The van der Waals surface area contributed by atoms with E-state index in [1.165, 1.54) is 6.26 Å². The molecule has 0 aliphatic rings. The molecule has 0 fully saturated rings. The van der Waals surface area contributed by atoms with Crippen LogP contribution in [0.25, 0.3) is 0 Å². The Bertz CT molecular complexity index is 511. The maximum absolute atomic E-state index is 11.5. The van der Waals surface area contributed by atoms with Crippen LogP contribution in [0, 0.1) is 0 Å². The van der Waals surface area contributed by atoms with E-state index in [-0.39, 0.29) is 6.03 Å². The molecule has 4 nitrogen and oxygen atoms in total. The number of rotatable bonds is 4. The number of halogens is 1. The van der Waals surface area contributed by atoms with Crippen LogP contribution < -0.4 is 10.6 Å². The summed E-state index contributed by atoms with van der Waals surface area (Å²) in [7, 11) is 0. The predicted molar refractivity (Wildman–Crippen MR) is 70.9 cm³/mol. The molecule has 0 aliphatic heterocycles. The van der Waals surface area contributed by atoms with Crippen LogP contribution in [0.4, 0.5) is 10.7 Å². The zero-order chi connectivity index (χ0) is 12.8. The van der Waals surface area contributed by atoms with E-state index in [2.05, 4.69) is 10.6 Å². The van der Waals surface area contributed by atoms with Crippen LogP contribution in [0.1, 0.15) is 5.56 Å². The van der Waals surface area contributed by atoms with Crippen molar-refractivity contribution in [1.82, 2.24) is 5.32 Å². The van der Waals surface area contributed by atoms with Gasteiger partial charge < -0.3 is 9.73 Å². The van der Waals surface area contributed by atoms with Gasteiger partial charge in [-0.15, -0.1) is 0 Å². The second kappa shape index (κ2) is 6.12. The van der Waals surface area contributed by atoms with Crippen molar-refractivity contribution >= 4 is 23.5 Å². The number of hydrogen-bond donors (Lipinski definition) is 2. The lowest BCUT2D eigenvalue weighted by atomic mass is 10.1. The molecule has 1 aromatic heterocycles. The average molecular weight is 265 g/mol. The molecule has 1 aromatic carbocycles. The van der Waals surface area contributed by atoms with Crippen LogP contribution >= 0.6 is 11.6 Å². The highest BCUT2D eigenvalue weighted by molar-refractivity contribution is 6.31. The molecular formula is C13H13ClN2O2. The minimum Gasteiger partial charge on any atom is -0.449 e. The molecule has 0 saturated heterocycles. The molecule has 18 heavy (non-hydrogen) atoms. The van der Waals surface area contributed by atoms with Crippen molar-refractivity contribution in [3.8, 4) is 0 Å². The number of hydrogen-bond acceptors (Lipinski definition) is 2. The predicted octanol–water partition coefficient (Wildman–Crippen LogP) is 3.30. The van der Waals surface area contributed by atoms with Gasteiger partial charge in [-0.1, -0.05) is 29.8 Å². The molecule has 94 valence electrons. The molecule has 2 amide bonds. The van der Waals surface area contributed by atoms with E-state index < -0.39 is 0 Å². The number of carbonyl (C=O) groups excluding carboxylic acids is 1. The summed E-state index contributed by atoms with van der Waals surface area (Å²) in [5.41, 5.74) is 1.01. The largest absolute Gasteiger partial charge is 0.449 e. The van der Waals surface area contributed by atoms with Crippen molar-refractivity contribution in [3.05, 3.63) is 53.2 Å². The number of furan rings is 1. The summed E-state index contributed by atoms with van der Waals surface area (Å²) in [6.07, 6.45) is 2.19. The van der Waals surface area contributed by atoms with E-state index in [9.17, 15) is 4.79 Å². The minimum absolute atomic E-state index is 0.294. The van der Waals surface area contributed by atoms with E-state index in [0.29, 0.717) is 23.9 Å². The minimum atomic E-state index is -0.294. The lowest BCUT2D eigenvalue weighted by molar-refractivity contribution is 0.251. The van der Waals surface area contributed by atoms with Gasteiger partial charge in [0.25, 0.3) is 0 Å². The van der Waals surface area contributed by atoms with Crippen LogP contribution in [0.5, 0.6) is 0 Å². The Hall–Kier alpha value is -1.94. The van der Waals surface area contributed by atoms with Crippen molar-refractivity contribution in [1.29, 1.82) is 0 Å². The van der Waals surface area contributed by atoms with Gasteiger partial charge in [-0.2, -0.15) is 0 Å². The fraction of sp³-hybridized carbons (Fsp3) is 0.154. The molecule has 5 heteroatoms. The van der Waals surface area contributed by atoms with Crippen molar-refractivity contribution in [2.45, 2.75) is 6.42 Å². The van der Waals surface area contributed by atoms with Gasteiger partial charge in [-0.3, -0.25) is 5.32 Å². The first-order chi connectivity index (χ1) is 8.75. The quantitative estimate of drug-likeness (QED) is 0.890. The fourth-order valence-electron chi connectivity index (χ4n) is 1.52. The number of carbonyl (C=O) groups is 1. The van der Waals surface area contributed by atoms with Crippen LogP contribution in [0.15, 0.2) is 47.1 Å². The van der Waals surface area contributed by atoms with Gasteiger partial charge in [0, 0.05) is 17.6 Å². The fourth-order valence-corrected chi connectivity index (χ4v) is 1.75. The molecule has 0 aliphatic carbocycles. The number of anilines is 1. The number of benzene rings is 1. The van der Waals surface area contributed by atoms with Gasteiger partial charge in [-0.25, -0.2) is 4.79 Å². The normalized spacial score (nSPS) is 10.1. The zero-order valence-corrected chi connectivity index (χ0v) is 10.4. The van der Waals surface area contributed by atoms with Gasteiger partial charge in [0.05, 0.1) is 6.26 Å². The summed E-state index contributed by atoms with van der Waals surface area (Å²) in [5.74, 6) is 0.422. The standard InChI is InChI=1S/C13H13ClN2O2/c14-11-5-2-1-4-10(11)7-8-15-13(17)16-12-6-3-9-18-12/h1-6,9H,7-8H2,(H2,15,16,17). The van der Waals surface area contributed by atoms with E-state index >= 15 is 0 Å². The molecule has 0 bridgehead atoms. The maximum Gasteiger partial charge on any atom is 0.321 e. The molecular weight excluding hydrogens is 252 g/mol. The molecule has 2 aromatic rings. The summed E-state index contributed by atoms with van der Waals surface area (Å²) in [6.45, 7) is 0.510. The van der Waals surface area contributed by atoms with Crippen molar-refractivity contribution in [2.75, 3.05) is 11.9 Å². The highest BCUT2D eigenvalue weighted by Gasteiger charge is 2.03. The number of nitrogens with one attached hydrogen (secondary N) is 2. The van der Waals surface area contributed by atoms with E-state index in [1.807, 2.05) is 24.3 Å². The Morgan fingerprint density at radius 2 is 2.06 bits per heavy atom. The molecule has 0 atom stereocenters. The van der Waals surface area contributed by atoms with Crippen LogP contribution in [0.2, 0.25) is 5.02 Å². The smallest absolute Gasteiger partial charge is 0.321 e. The Morgan fingerprint density at radius 3 is 2.78 bits per heavy atom. The van der Waals surface area contributed by atoms with Crippen LogP contribution in [-0.4, -0.2) is 12.6 Å². The lowest BCUT2D eigenvalue weighted by Crippen LogP contribution is -2.30. The van der Waals surface area contributed by atoms with Crippen molar-refractivity contribution in [3.63, 3.8) is 0 Å². The van der Waals surface area contributed by atoms with E-state index in [0.717, 1.165) is 5.56 Å². The van der Waals surface area contributed by atoms with Gasteiger partial charge in [-0.05, 0) is 24.1 Å². The SMILES string of the molecule is O=C(NCCc1ccccc1Cl)Nc1ccco1. The summed E-state index contributed by atoms with van der Waals surface area (Å²) < 4.78 is 4.99. The van der Waals surface area contributed by atoms with E-state index in [1.54, 1.807) is 12.1 Å². The van der Waals surface area contributed by atoms with E-state index in [4.69, 9.17) is 16.0 Å². The Kier molecular flexibility index (Phi) is 4.25. The Morgan fingerprint density at radius 1 is 1.22 bits per heavy atom. The van der Waals surface area contributed by atoms with Crippen LogP contribution in [0.3, 0.4) is 0 Å². The molecule has 2 rings (SSSR count). The Labute approximate surface area is 110 Å². The summed E-state index contributed by atoms with van der Waals surface area (Å²) in [5, 5.41) is 6.01. The molecule has 0 spiro atoms. The van der Waals surface area contributed by atoms with Gasteiger partial charge in [0.15, 0.2) is 0 Å². The molecule has 0 unspecified atom stereocenters. The van der Waals surface area contributed by atoms with Crippen LogP contribution in [-0.2, 0) is 6.42 Å². The summed E-state index contributed by atoms with van der Waals surface area (Å²) in [6, 6.07) is 10.7. The highest BCUT2D eigenvalue weighted by Crippen LogP contribution is 2.14. The number of amides is 2. The second-order valence-corrected chi connectivity index (χ2v) is 4.11. The molecule has 0 radical (unpaired) electrons. The van der Waals surface area contributed by atoms with Gasteiger partial charge >= 0.3 is 6.03 Å². The lowest BCUT2D eigenvalue weighted by Gasteiger charge is -2.06. The maximum atomic E-state index is 11.5. The first-order valence-corrected chi connectivity index (χ1v) is 5.95. The third-order valence-electron chi connectivity index (χ3n) is 2.40. The zero-order valence-electron chi connectivity index (χ0n) is 9.65. The monoisotopic (exact) mass is 264 g/mol. The molecule has 1 heterocycles. The molecule has 0 saturated carbocycles. The first-order valence-electron chi connectivity index (χ1n) is 5.57. The summed E-state index contributed by atoms with van der Waals surface area (Å²) in [4.78, 5) is 11.5. The first kappa shape index (κ1) is 12.5. The molecule has 2 N–H and O–H groups in total. The third kappa shape index (κ3) is 3.53. The van der Waals surface area contributed by atoms with Crippen molar-refractivity contribution in [2.24, 2.45) is 0 Å². The number of urea groups is 1. The van der Waals surface area contributed by atoms with Gasteiger partial charge in [0.2, 0.25) is 5.88 Å². The van der Waals surface area contributed by atoms with Crippen molar-refractivity contribution < 1.29 is 9.21 Å². The topological polar surface area (TPSA) is 54.3 Å². The third-order valence-corrected chi connectivity index (χ3v) is 2.76. The Balaban J connectivity index is 1.75. The van der Waals surface area contributed by atoms with Gasteiger partial charge in [0.1, 0.15) is 0 Å². The summed E-state index contributed by atoms with van der Waals surface area (Å²) >= 11 is 6.01. The second-order valence-electron chi connectivity index (χ2n) is 3.70.